The fourth-order valence-electron chi connectivity index (χ4n) is 2.83. The molecule has 5 nitrogen and oxygen atoms in total. The zero-order valence-electron chi connectivity index (χ0n) is 14.8. The maximum Gasteiger partial charge on any atom is 0.193 e. The van der Waals surface area contributed by atoms with Crippen LogP contribution in [0.15, 0.2) is 29.3 Å². The van der Waals surface area contributed by atoms with Gasteiger partial charge in [0.15, 0.2) is 5.96 Å². The molecule has 6 heteroatoms. The minimum absolute atomic E-state index is 0.189. The first-order chi connectivity index (χ1) is 11.7. The number of piperazine rings is 1. The number of nitrogens with zero attached hydrogens (tertiary/aromatic N) is 3. The van der Waals surface area contributed by atoms with Gasteiger partial charge in [0, 0.05) is 58.7 Å². The summed E-state index contributed by atoms with van der Waals surface area (Å²) in [7, 11) is 1.83. The predicted molar refractivity (Wildman–Crippen MR) is 97.3 cm³/mol. The zero-order chi connectivity index (χ0) is 17.2. The third-order valence-electron chi connectivity index (χ3n) is 4.19. The lowest BCUT2D eigenvalue weighted by atomic mass is 10.2. The van der Waals surface area contributed by atoms with Crippen LogP contribution in [-0.4, -0.2) is 63.8 Å². The van der Waals surface area contributed by atoms with Crippen LogP contribution in [0.2, 0.25) is 0 Å². The van der Waals surface area contributed by atoms with E-state index in [-0.39, 0.29) is 5.82 Å². The molecule has 0 spiro atoms. The lowest BCUT2D eigenvalue weighted by molar-refractivity contribution is 0.143. The van der Waals surface area contributed by atoms with Crippen molar-refractivity contribution in [2.24, 2.45) is 4.99 Å². The summed E-state index contributed by atoms with van der Waals surface area (Å²) in [4.78, 5) is 8.95. The normalized spacial score (nSPS) is 15.7. The smallest absolute Gasteiger partial charge is 0.193 e. The standard InChI is InChI=1S/C18H29FN4O/c1-3-24-15-5-4-10-21-18(20-2)23-13-11-22(12-14-23)17-8-6-16(19)7-9-17/h6-9H,3-5,10-15H2,1-2H3,(H,20,21). The molecule has 0 aromatic heterocycles. The number of aliphatic imine (C=N–C) groups is 1. The Morgan fingerprint density at radius 3 is 2.50 bits per heavy atom. The Morgan fingerprint density at radius 2 is 1.88 bits per heavy atom. The van der Waals surface area contributed by atoms with Crippen LogP contribution < -0.4 is 10.2 Å². The van der Waals surface area contributed by atoms with E-state index in [2.05, 4.69) is 20.1 Å². The number of ether oxygens (including phenoxy) is 1. The molecule has 0 atom stereocenters. The van der Waals surface area contributed by atoms with Gasteiger partial charge in [-0.2, -0.15) is 0 Å². The lowest BCUT2D eigenvalue weighted by Crippen LogP contribution is -2.52. The summed E-state index contributed by atoms with van der Waals surface area (Å²) in [6, 6.07) is 6.72. The molecule has 1 heterocycles. The topological polar surface area (TPSA) is 40.1 Å². The van der Waals surface area contributed by atoms with E-state index in [1.165, 1.54) is 12.1 Å². The molecule has 0 amide bonds. The molecule has 1 aromatic carbocycles. The first-order valence-corrected chi connectivity index (χ1v) is 8.78. The van der Waals surface area contributed by atoms with Crippen LogP contribution in [0.4, 0.5) is 10.1 Å². The average molecular weight is 336 g/mol. The Hall–Kier alpha value is -1.82. The van der Waals surface area contributed by atoms with E-state index in [0.717, 1.165) is 70.4 Å². The van der Waals surface area contributed by atoms with Crippen LogP contribution in [0, 0.1) is 5.82 Å². The van der Waals surface area contributed by atoms with Gasteiger partial charge in [0.05, 0.1) is 0 Å². The highest BCUT2D eigenvalue weighted by Crippen LogP contribution is 2.16. The number of hydrogen-bond donors (Lipinski definition) is 1. The van der Waals surface area contributed by atoms with Gasteiger partial charge < -0.3 is 19.9 Å². The van der Waals surface area contributed by atoms with Crippen molar-refractivity contribution in [2.75, 3.05) is 57.9 Å². The molecule has 0 unspecified atom stereocenters. The Morgan fingerprint density at radius 1 is 1.17 bits per heavy atom. The Labute approximate surface area is 144 Å². The predicted octanol–water partition coefficient (Wildman–Crippen LogP) is 2.34. The summed E-state index contributed by atoms with van der Waals surface area (Å²) < 4.78 is 18.4. The fourth-order valence-corrected chi connectivity index (χ4v) is 2.83. The molecule has 0 aliphatic carbocycles. The van der Waals surface area contributed by atoms with Gasteiger partial charge in [0.2, 0.25) is 0 Å². The van der Waals surface area contributed by atoms with Gasteiger partial charge in [-0.15, -0.1) is 0 Å². The number of anilines is 1. The summed E-state index contributed by atoms with van der Waals surface area (Å²) in [5.74, 6) is 0.775. The summed E-state index contributed by atoms with van der Waals surface area (Å²) in [6.07, 6.45) is 2.14. The molecule has 1 saturated heterocycles. The van der Waals surface area contributed by atoms with Crippen molar-refractivity contribution in [2.45, 2.75) is 19.8 Å². The highest BCUT2D eigenvalue weighted by Gasteiger charge is 2.19. The van der Waals surface area contributed by atoms with Crippen LogP contribution >= 0.6 is 0 Å². The van der Waals surface area contributed by atoms with Gasteiger partial charge in [-0.3, -0.25) is 4.99 Å². The molecule has 1 aliphatic rings. The van der Waals surface area contributed by atoms with Crippen molar-refractivity contribution in [1.82, 2.24) is 10.2 Å². The first-order valence-electron chi connectivity index (χ1n) is 8.78. The van der Waals surface area contributed by atoms with Crippen molar-refractivity contribution < 1.29 is 9.13 Å². The molecule has 24 heavy (non-hydrogen) atoms. The summed E-state index contributed by atoms with van der Waals surface area (Å²) in [5, 5.41) is 3.43. The van der Waals surface area contributed by atoms with Gasteiger partial charge in [0.1, 0.15) is 5.82 Å². The van der Waals surface area contributed by atoms with Crippen molar-refractivity contribution in [3.05, 3.63) is 30.1 Å². The number of guanidine groups is 1. The minimum Gasteiger partial charge on any atom is -0.382 e. The van der Waals surface area contributed by atoms with E-state index >= 15 is 0 Å². The number of benzene rings is 1. The first kappa shape index (κ1) is 18.5. The van der Waals surface area contributed by atoms with Crippen molar-refractivity contribution >= 4 is 11.6 Å². The van der Waals surface area contributed by atoms with Gasteiger partial charge in [-0.1, -0.05) is 0 Å². The molecular formula is C18H29FN4O. The highest BCUT2D eigenvalue weighted by molar-refractivity contribution is 5.80. The molecule has 1 N–H and O–H groups in total. The van der Waals surface area contributed by atoms with Crippen LogP contribution in [-0.2, 0) is 4.74 Å². The van der Waals surface area contributed by atoms with Gasteiger partial charge in [-0.25, -0.2) is 4.39 Å². The molecule has 0 saturated carbocycles. The second-order valence-electron chi connectivity index (χ2n) is 5.83. The third-order valence-corrected chi connectivity index (χ3v) is 4.19. The summed E-state index contributed by atoms with van der Waals surface area (Å²) in [6.45, 7) is 8.20. The Kier molecular flexibility index (Phi) is 7.82. The third kappa shape index (κ3) is 5.67. The molecule has 134 valence electrons. The minimum atomic E-state index is -0.189. The van der Waals surface area contributed by atoms with Crippen molar-refractivity contribution in [1.29, 1.82) is 0 Å². The maximum absolute atomic E-state index is 13.0. The largest absolute Gasteiger partial charge is 0.382 e. The number of unbranched alkanes of at least 4 members (excludes halogenated alkanes) is 1. The lowest BCUT2D eigenvalue weighted by Gasteiger charge is -2.37. The SMILES string of the molecule is CCOCCCCNC(=NC)N1CCN(c2ccc(F)cc2)CC1. The molecule has 2 rings (SSSR count). The van der Waals surface area contributed by atoms with Crippen LogP contribution in [0.3, 0.4) is 0 Å². The second kappa shape index (κ2) is 10.1. The fraction of sp³-hybridized carbons (Fsp3) is 0.611. The van der Waals surface area contributed by atoms with E-state index < -0.39 is 0 Å². The molecular weight excluding hydrogens is 307 g/mol. The monoisotopic (exact) mass is 336 g/mol. The summed E-state index contributed by atoms with van der Waals surface area (Å²) in [5.41, 5.74) is 1.08. The van der Waals surface area contributed by atoms with Crippen LogP contribution in [0.1, 0.15) is 19.8 Å². The quantitative estimate of drug-likeness (QED) is 0.471. The molecule has 1 aromatic rings. The average Bonchev–Trinajstić information content (AvgIpc) is 2.62. The number of nitrogens with one attached hydrogen (secondary N) is 1. The molecule has 0 radical (unpaired) electrons. The van der Waals surface area contributed by atoms with E-state index in [1.807, 2.05) is 26.1 Å². The van der Waals surface area contributed by atoms with Crippen LogP contribution in [0.25, 0.3) is 0 Å². The van der Waals surface area contributed by atoms with E-state index in [0.29, 0.717) is 0 Å². The zero-order valence-corrected chi connectivity index (χ0v) is 14.8. The van der Waals surface area contributed by atoms with Crippen molar-refractivity contribution in [3.8, 4) is 0 Å². The van der Waals surface area contributed by atoms with Crippen molar-refractivity contribution in [3.63, 3.8) is 0 Å². The van der Waals surface area contributed by atoms with Crippen LogP contribution in [0.5, 0.6) is 0 Å². The Bertz CT molecular complexity index is 498. The molecule has 1 aliphatic heterocycles. The maximum atomic E-state index is 13.0. The molecule has 0 bridgehead atoms. The van der Waals surface area contributed by atoms with Gasteiger partial charge in [-0.05, 0) is 44.0 Å². The van der Waals surface area contributed by atoms with Gasteiger partial charge >= 0.3 is 0 Å². The second-order valence-corrected chi connectivity index (χ2v) is 5.83. The van der Waals surface area contributed by atoms with E-state index in [9.17, 15) is 4.39 Å². The van der Waals surface area contributed by atoms with E-state index in [4.69, 9.17) is 4.74 Å². The highest BCUT2D eigenvalue weighted by atomic mass is 19.1. The summed E-state index contributed by atoms with van der Waals surface area (Å²) >= 11 is 0. The number of hydrogen-bond acceptors (Lipinski definition) is 3. The molecule has 1 fully saturated rings. The number of rotatable bonds is 7. The van der Waals surface area contributed by atoms with Gasteiger partial charge in [0.25, 0.3) is 0 Å². The van der Waals surface area contributed by atoms with E-state index in [1.54, 1.807) is 0 Å². The Balaban J connectivity index is 1.72. The number of halogens is 1.